The molecule has 0 N–H and O–H groups in total. The molecule has 4 nitrogen and oxygen atoms in total. The van der Waals surface area contributed by atoms with Crippen molar-refractivity contribution in [3.8, 4) is 11.3 Å². The van der Waals surface area contributed by atoms with E-state index in [0.29, 0.717) is 6.54 Å². The largest absolute Gasteiger partial charge is 0.265 e. The number of hydrogen-bond donors (Lipinski definition) is 0. The molecule has 5 heteroatoms. The fraction of sp³-hybridized carbons (Fsp3) is 0.125. The lowest BCUT2D eigenvalue weighted by Crippen LogP contribution is -2.15. The van der Waals surface area contributed by atoms with Crippen molar-refractivity contribution in [2.75, 3.05) is 6.54 Å². The number of pyridine rings is 1. The Kier molecular flexibility index (Phi) is 5.49. The van der Waals surface area contributed by atoms with Crippen LogP contribution in [0.3, 0.4) is 0 Å². The number of benzene rings is 2. The third-order valence-corrected chi connectivity index (χ3v) is 5.44. The minimum absolute atomic E-state index is 0.583. The Labute approximate surface area is 174 Å². The highest BCUT2D eigenvalue weighted by Crippen LogP contribution is 2.29. The maximum Gasteiger partial charge on any atom is 0.206 e. The summed E-state index contributed by atoms with van der Waals surface area (Å²) in [5.41, 5.74) is 5.13. The fourth-order valence-electron chi connectivity index (χ4n) is 3.14. The lowest BCUT2D eigenvalue weighted by molar-refractivity contribution is 0.831. The molecule has 0 saturated carbocycles. The minimum Gasteiger partial charge on any atom is -0.265 e. The number of fused-ring (bicyclic) bond motifs is 1. The van der Waals surface area contributed by atoms with Crippen LogP contribution in [0.1, 0.15) is 19.4 Å². The monoisotopic (exact) mass is 398 g/mol. The Hall–Kier alpha value is -3.31. The van der Waals surface area contributed by atoms with Crippen LogP contribution in [0.15, 0.2) is 94.6 Å². The maximum atomic E-state index is 4.94. The zero-order chi connectivity index (χ0) is 20.2. The van der Waals surface area contributed by atoms with Gasteiger partial charge in [0, 0.05) is 28.9 Å². The predicted octanol–water partition coefficient (Wildman–Crippen LogP) is 5.51. The predicted molar refractivity (Wildman–Crippen MR) is 122 cm³/mol. The Bertz CT molecular complexity index is 1260. The summed E-state index contributed by atoms with van der Waals surface area (Å²) in [7, 11) is 0. The molecule has 2 heterocycles. The van der Waals surface area contributed by atoms with E-state index in [9.17, 15) is 0 Å². The van der Waals surface area contributed by atoms with Crippen molar-refractivity contribution in [2.45, 2.75) is 13.8 Å². The minimum atomic E-state index is 0.583. The van der Waals surface area contributed by atoms with Crippen LogP contribution in [0.5, 0.6) is 0 Å². The number of rotatable bonds is 5. The van der Waals surface area contributed by atoms with E-state index in [1.54, 1.807) is 23.7 Å². The van der Waals surface area contributed by atoms with Gasteiger partial charge in [0.1, 0.15) is 0 Å². The third kappa shape index (κ3) is 4.10. The molecule has 0 fully saturated rings. The van der Waals surface area contributed by atoms with Crippen molar-refractivity contribution >= 4 is 27.8 Å². The molecule has 0 aliphatic carbocycles. The van der Waals surface area contributed by atoms with Crippen LogP contribution in [-0.2, 0) is 0 Å². The summed E-state index contributed by atoms with van der Waals surface area (Å²) in [6.07, 6.45) is 3.56. The van der Waals surface area contributed by atoms with Crippen LogP contribution in [0.25, 0.3) is 22.0 Å². The second-order valence-electron chi connectivity index (χ2n) is 6.94. The molecule has 0 unspecified atom stereocenters. The molecule has 0 bridgehead atoms. The molecule has 0 radical (unpaired) electrons. The van der Waals surface area contributed by atoms with Gasteiger partial charge in [0.25, 0.3) is 0 Å². The van der Waals surface area contributed by atoms with E-state index >= 15 is 0 Å². The zero-order valence-electron chi connectivity index (χ0n) is 16.5. The molecule has 0 amide bonds. The highest BCUT2D eigenvalue weighted by Gasteiger charge is 2.11. The van der Waals surface area contributed by atoms with Crippen molar-refractivity contribution < 1.29 is 0 Å². The molecule has 2 aromatic carbocycles. The average molecular weight is 399 g/mol. The summed E-state index contributed by atoms with van der Waals surface area (Å²) >= 11 is 1.59. The summed E-state index contributed by atoms with van der Waals surface area (Å²) in [5.74, 6) is 0. The highest BCUT2D eigenvalue weighted by molar-refractivity contribution is 7.07. The van der Waals surface area contributed by atoms with Crippen LogP contribution < -0.4 is 4.80 Å². The highest BCUT2D eigenvalue weighted by atomic mass is 32.1. The van der Waals surface area contributed by atoms with Crippen molar-refractivity contribution in [3.63, 3.8) is 0 Å². The van der Waals surface area contributed by atoms with Gasteiger partial charge in [0.05, 0.1) is 18.0 Å². The number of thiazole rings is 1. The lowest BCUT2D eigenvalue weighted by Gasteiger charge is -2.09. The second-order valence-corrected chi connectivity index (χ2v) is 7.77. The topological polar surface area (TPSA) is 42.5 Å². The molecule has 0 aliphatic rings. The summed E-state index contributed by atoms with van der Waals surface area (Å²) in [6, 6.07) is 18.7. The first-order valence-electron chi connectivity index (χ1n) is 9.43. The normalized spacial score (nSPS) is 12.5. The number of aromatic nitrogens is 2. The van der Waals surface area contributed by atoms with Crippen molar-refractivity contribution in [2.24, 2.45) is 10.1 Å². The van der Waals surface area contributed by atoms with Gasteiger partial charge in [-0.25, -0.2) is 4.68 Å². The quantitative estimate of drug-likeness (QED) is 0.323. The molecule has 0 aliphatic heterocycles. The fourth-order valence-corrected chi connectivity index (χ4v) is 3.96. The van der Waals surface area contributed by atoms with Crippen LogP contribution >= 0.6 is 11.3 Å². The first-order valence-corrected chi connectivity index (χ1v) is 10.3. The molecule has 144 valence electrons. The summed E-state index contributed by atoms with van der Waals surface area (Å²) in [6.45, 7) is 8.55. The molecule has 4 rings (SSSR count). The van der Waals surface area contributed by atoms with Gasteiger partial charge >= 0.3 is 0 Å². The van der Waals surface area contributed by atoms with Gasteiger partial charge < -0.3 is 0 Å². The molecule has 29 heavy (non-hydrogen) atoms. The number of hydrogen-bond acceptors (Lipinski definition) is 4. The first kappa shape index (κ1) is 19.0. The van der Waals surface area contributed by atoms with Gasteiger partial charge in [-0.2, -0.15) is 5.10 Å². The lowest BCUT2D eigenvalue weighted by atomic mass is 10.0. The average Bonchev–Trinajstić information content (AvgIpc) is 3.14. The Balaban J connectivity index is 1.93. The smallest absolute Gasteiger partial charge is 0.206 e. The third-order valence-electron chi connectivity index (χ3n) is 4.58. The van der Waals surface area contributed by atoms with Crippen molar-refractivity contribution in [3.05, 3.63) is 94.9 Å². The van der Waals surface area contributed by atoms with E-state index in [4.69, 9.17) is 10.1 Å². The van der Waals surface area contributed by atoms with Gasteiger partial charge in [-0.05, 0) is 36.8 Å². The van der Waals surface area contributed by atoms with Crippen LogP contribution in [-0.4, -0.2) is 21.9 Å². The molecule has 0 atom stereocenters. The van der Waals surface area contributed by atoms with E-state index < -0.39 is 0 Å². The van der Waals surface area contributed by atoms with Gasteiger partial charge in [-0.15, -0.1) is 11.3 Å². The van der Waals surface area contributed by atoms with E-state index in [1.807, 2.05) is 30.7 Å². The van der Waals surface area contributed by atoms with E-state index in [1.165, 1.54) is 10.8 Å². The first-order chi connectivity index (χ1) is 14.1. The van der Waals surface area contributed by atoms with Gasteiger partial charge in [-0.1, -0.05) is 54.6 Å². The van der Waals surface area contributed by atoms with Gasteiger partial charge in [-0.3, -0.25) is 9.98 Å². The molecule has 0 spiro atoms. The Morgan fingerprint density at radius 1 is 1.03 bits per heavy atom. The van der Waals surface area contributed by atoms with E-state index in [-0.39, 0.29) is 0 Å². The molecule has 4 aromatic rings. The van der Waals surface area contributed by atoms with Gasteiger partial charge in [0.2, 0.25) is 4.80 Å². The van der Waals surface area contributed by atoms with Gasteiger partial charge in [0.15, 0.2) is 0 Å². The molecule has 0 saturated heterocycles. The summed E-state index contributed by atoms with van der Waals surface area (Å²) in [5, 5.41) is 9.48. The van der Waals surface area contributed by atoms with Crippen molar-refractivity contribution in [1.29, 1.82) is 0 Å². The van der Waals surface area contributed by atoms with Crippen LogP contribution in [0.2, 0.25) is 0 Å². The molecule has 2 aromatic heterocycles. The molecular weight excluding hydrogens is 376 g/mol. The summed E-state index contributed by atoms with van der Waals surface area (Å²) in [4.78, 5) is 9.69. The van der Waals surface area contributed by atoms with Crippen LogP contribution in [0, 0.1) is 0 Å². The van der Waals surface area contributed by atoms with E-state index in [0.717, 1.165) is 32.9 Å². The zero-order valence-corrected chi connectivity index (χ0v) is 17.4. The second kappa shape index (κ2) is 8.37. The standard InChI is InChI=1S/C24H22N4S/c1-17(2)15-26-24-28(27-18(3)19-11-13-25-14-12-19)23(16-29-24)22-10-6-8-20-7-4-5-9-21(20)22/h4-14,16H,1,15H2,2-3H3. The Morgan fingerprint density at radius 2 is 1.79 bits per heavy atom. The molecular formula is C24H22N4S. The van der Waals surface area contributed by atoms with Crippen molar-refractivity contribution in [1.82, 2.24) is 9.66 Å². The number of nitrogens with zero attached hydrogens (tertiary/aromatic N) is 4. The van der Waals surface area contributed by atoms with E-state index in [2.05, 4.69) is 59.4 Å². The maximum absolute atomic E-state index is 4.94. The SMILES string of the molecule is C=C(C)CN=c1scc(-c2cccc3ccccc23)n1N=C(C)c1ccncc1. The summed E-state index contributed by atoms with van der Waals surface area (Å²) < 4.78 is 1.95. The Morgan fingerprint density at radius 3 is 2.59 bits per heavy atom. The van der Waals surface area contributed by atoms with Crippen LogP contribution in [0.4, 0.5) is 0 Å².